The lowest BCUT2D eigenvalue weighted by atomic mass is 10.2. The summed E-state index contributed by atoms with van der Waals surface area (Å²) in [6.07, 6.45) is 0. The van der Waals surface area contributed by atoms with E-state index in [1.54, 1.807) is 12.1 Å². The highest BCUT2D eigenvalue weighted by Crippen LogP contribution is 2.18. The van der Waals surface area contributed by atoms with Gasteiger partial charge >= 0.3 is 5.69 Å². The number of para-hydroxylation sites is 1. The lowest BCUT2D eigenvalue weighted by Crippen LogP contribution is -2.32. The van der Waals surface area contributed by atoms with Crippen molar-refractivity contribution in [3.63, 3.8) is 0 Å². The minimum absolute atomic E-state index is 0.0908. The van der Waals surface area contributed by atoms with Gasteiger partial charge in [-0.15, -0.1) is 0 Å². The summed E-state index contributed by atoms with van der Waals surface area (Å²) in [6.45, 7) is 1.86. The van der Waals surface area contributed by atoms with Gasteiger partial charge in [0, 0.05) is 0 Å². The monoisotopic (exact) mass is 295 g/mol. The molecule has 6 heteroatoms. The van der Waals surface area contributed by atoms with E-state index >= 15 is 0 Å². The van der Waals surface area contributed by atoms with Crippen LogP contribution in [0.1, 0.15) is 5.56 Å². The number of rotatable bonds is 1. The number of benzene rings is 1. The lowest BCUT2D eigenvalue weighted by Gasteiger charge is -2.12. The summed E-state index contributed by atoms with van der Waals surface area (Å²) in [5.41, 5.74) is 6.23. The second kappa shape index (κ2) is 4.21. The number of aromatic amines is 1. The summed E-state index contributed by atoms with van der Waals surface area (Å²) in [5.74, 6) is 0.0908. The molecule has 0 aliphatic rings. The zero-order chi connectivity index (χ0) is 12.6. The Kier molecular flexibility index (Phi) is 2.89. The molecule has 3 N–H and O–H groups in total. The van der Waals surface area contributed by atoms with Crippen LogP contribution in [-0.4, -0.2) is 9.55 Å². The van der Waals surface area contributed by atoms with Crippen LogP contribution in [0.3, 0.4) is 0 Å². The van der Waals surface area contributed by atoms with Crippen molar-refractivity contribution < 1.29 is 0 Å². The molecule has 0 atom stereocenters. The van der Waals surface area contributed by atoms with E-state index < -0.39 is 11.2 Å². The molecule has 0 aliphatic carbocycles. The highest BCUT2D eigenvalue weighted by Gasteiger charge is 2.12. The number of nitrogens with two attached hydrogens (primary N) is 1. The van der Waals surface area contributed by atoms with E-state index in [9.17, 15) is 9.59 Å². The van der Waals surface area contributed by atoms with E-state index in [0.29, 0.717) is 5.69 Å². The second-order valence-corrected chi connectivity index (χ2v) is 4.37. The molecule has 0 saturated heterocycles. The topological polar surface area (TPSA) is 80.9 Å². The van der Waals surface area contributed by atoms with Crippen LogP contribution in [0, 0.1) is 6.92 Å². The van der Waals surface area contributed by atoms with Crippen LogP contribution in [0.25, 0.3) is 5.69 Å². The Balaban J connectivity index is 2.87. The molecule has 0 radical (unpaired) electrons. The minimum atomic E-state index is -0.551. The van der Waals surface area contributed by atoms with Crippen LogP contribution in [-0.2, 0) is 0 Å². The van der Waals surface area contributed by atoms with E-state index in [0.717, 1.165) is 5.56 Å². The molecule has 2 aromatic rings. The maximum Gasteiger partial charge on any atom is 0.334 e. The predicted molar refractivity (Wildman–Crippen MR) is 69.5 cm³/mol. The summed E-state index contributed by atoms with van der Waals surface area (Å²) >= 11 is 3.06. The molecule has 2 rings (SSSR count). The average Bonchev–Trinajstić information content (AvgIpc) is 2.29. The smallest absolute Gasteiger partial charge is 0.334 e. The van der Waals surface area contributed by atoms with Gasteiger partial charge in [0.25, 0.3) is 5.56 Å². The van der Waals surface area contributed by atoms with Gasteiger partial charge < -0.3 is 5.73 Å². The third-order valence-corrected chi connectivity index (χ3v) is 3.21. The molecule has 88 valence electrons. The molecule has 1 heterocycles. The number of aryl methyl sites for hydroxylation is 1. The highest BCUT2D eigenvalue weighted by atomic mass is 79.9. The molecule has 0 spiro atoms. The number of nitrogen functional groups attached to an aromatic ring is 1. The third kappa shape index (κ3) is 1.91. The number of aromatic nitrogens is 2. The van der Waals surface area contributed by atoms with Crippen molar-refractivity contribution >= 4 is 21.7 Å². The summed E-state index contributed by atoms with van der Waals surface area (Å²) < 4.78 is 1.42. The molecular weight excluding hydrogens is 286 g/mol. The summed E-state index contributed by atoms with van der Waals surface area (Å²) in [6, 6.07) is 7.28. The largest absolute Gasteiger partial charge is 0.384 e. The van der Waals surface area contributed by atoms with Crippen LogP contribution < -0.4 is 17.0 Å². The molecule has 0 amide bonds. The number of nitrogens with one attached hydrogen (secondary N) is 1. The highest BCUT2D eigenvalue weighted by molar-refractivity contribution is 9.10. The van der Waals surface area contributed by atoms with Gasteiger partial charge in [-0.1, -0.05) is 18.2 Å². The average molecular weight is 296 g/mol. The van der Waals surface area contributed by atoms with Crippen molar-refractivity contribution in [1.82, 2.24) is 9.55 Å². The maximum atomic E-state index is 11.8. The first-order chi connectivity index (χ1) is 8.02. The molecule has 17 heavy (non-hydrogen) atoms. The number of hydrogen-bond donors (Lipinski definition) is 2. The van der Waals surface area contributed by atoms with Crippen molar-refractivity contribution in [2.45, 2.75) is 6.92 Å². The summed E-state index contributed by atoms with van der Waals surface area (Å²) in [7, 11) is 0. The Bertz CT molecular complexity index is 688. The lowest BCUT2D eigenvalue weighted by molar-refractivity contribution is 0.894. The quantitative estimate of drug-likeness (QED) is 0.829. The third-order valence-electron chi connectivity index (χ3n) is 2.45. The number of hydrogen-bond acceptors (Lipinski definition) is 3. The van der Waals surface area contributed by atoms with E-state index in [4.69, 9.17) is 5.73 Å². The van der Waals surface area contributed by atoms with Gasteiger partial charge in [0.05, 0.1) is 5.69 Å². The first-order valence-electron chi connectivity index (χ1n) is 4.88. The number of H-pyrrole nitrogens is 1. The van der Waals surface area contributed by atoms with Crippen LogP contribution in [0.5, 0.6) is 0 Å². The van der Waals surface area contributed by atoms with Gasteiger partial charge in [0.15, 0.2) is 0 Å². The molecule has 0 aliphatic heterocycles. The first kappa shape index (κ1) is 11.7. The zero-order valence-corrected chi connectivity index (χ0v) is 10.6. The molecule has 0 fully saturated rings. The molecule has 5 nitrogen and oxygen atoms in total. The number of anilines is 1. The second-order valence-electron chi connectivity index (χ2n) is 3.58. The maximum absolute atomic E-state index is 11.8. The van der Waals surface area contributed by atoms with E-state index in [2.05, 4.69) is 20.9 Å². The van der Waals surface area contributed by atoms with Crippen molar-refractivity contribution in [1.29, 1.82) is 0 Å². The van der Waals surface area contributed by atoms with E-state index in [-0.39, 0.29) is 10.3 Å². The van der Waals surface area contributed by atoms with Crippen LogP contribution in [0.4, 0.5) is 5.82 Å². The number of halogens is 1. The fourth-order valence-corrected chi connectivity index (χ4v) is 1.86. The molecule has 1 aromatic heterocycles. The molecular formula is C11H10BrN3O2. The van der Waals surface area contributed by atoms with Crippen molar-refractivity contribution in [2.75, 3.05) is 5.73 Å². The standard InChI is InChI=1S/C11H10BrN3O2/c1-6-4-2-3-5-7(6)15-9(13)8(12)10(16)14-11(15)17/h2-5H,13H2,1H3,(H,14,16,17). The fourth-order valence-electron chi connectivity index (χ4n) is 1.59. The van der Waals surface area contributed by atoms with Gasteiger partial charge in [-0.2, -0.15) is 0 Å². The molecule has 1 aromatic carbocycles. The van der Waals surface area contributed by atoms with Crippen molar-refractivity contribution in [3.8, 4) is 5.69 Å². The van der Waals surface area contributed by atoms with Gasteiger partial charge in [0.1, 0.15) is 10.3 Å². The normalized spacial score (nSPS) is 10.5. The Hall–Kier alpha value is -1.82. The fraction of sp³-hybridized carbons (Fsp3) is 0.0909. The number of nitrogens with zero attached hydrogens (tertiary/aromatic N) is 1. The predicted octanol–water partition coefficient (Wildman–Crippen LogP) is 1.18. The van der Waals surface area contributed by atoms with E-state index in [1.807, 2.05) is 19.1 Å². The van der Waals surface area contributed by atoms with Crippen molar-refractivity contribution in [2.24, 2.45) is 0 Å². The van der Waals surface area contributed by atoms with Gasteiger partial charge in [-0.25, -0.2) is 9.36 Å². The Morgan fingerprint density at radius 1 is 1.29 bits per heavy atom. The SMILES string of the molecule is Cc1ccccc1-n1c(N)c(Br)c(=O)[nH]c1=O. The Morgan fingerprint density at radius 2 is 1.94 bits per heavy atom. The Labute approximate surface area is 105 Å². The molecule has 0 unspecified atom stereocenters. The molecule has 0 bridgehead atoms. The van der Waals surface area contributed by atoms with Gasteiger partial charge in [-0.05, 0) is 34.5 Å². The van der Waals surface area contributed by atoms with Crippen LogP contribution in [0.2, 0.25) is 0 Å². The molecule has 0 saturated carbocycles. The summed E-state index contributed by atoms with van der Waals surface area (Å²) in [4.78, 5) is 25.3. The van der Waals surface area contributed by atoms with Crippen LogP contribution >= 0.6 is 15.9 Å². The summed E-state index contributed by atoms with van der Waals surface area (Å²) in [5, 5.41) is 0. The Morgan fingerprint density at radius 3 is 2.59 bits per heavy atom. The van der Waals surface area contributed by atoms with Gasteiger partial charge in [-0.3, -0.25) is 9.78 Å². The van der Waals surface area contributed by atoms with E-state index in [1.165, 1.54) is 4.57 Å². The zero-order valence-electron chi connectivity index (χ0n) is 9.03. The van der Waals surface area contributed by atoms with Gasteiger partial charge in [0.2, 0.25) is 0 Å². The minimum Gasteiger partial charge on any atom is -0.384 e. The first-order valence-corrected chi connectivity index (χ1v) is 5.68. The van der Waals surface area contributed by atoms with Crippen LogP contribution in [0.15, 0.2) is 38.3 Å². The van der Waals surface area contributed by atoms with Crippen molar-refractivity contribution in [3.05, 3.63) is 55.1 Å².